The average molecular weight is 1350 g/mol. The quantitative estimate of drug-likeness (QED) is 0.0171. The zero-order chi connectivity index (χ0) is 58.1. The molecule has 2 heterocycles. The van der Waals surface area contributed by atoms with Gasteiger partial charge in [-0.1, -0.05) is 24.3 Å². The molecule has 2 unspecified atom stereocenters. The third kappa shape index (κ3) is 21.6. The van der Waals surface area contributed by atoms with Gasteiger partial charge in [-0.2, -0.15) is 9.98 Å². The van der Waals surface area contributed by atoms with Crippen LogP contribution in [0, 0.1) is 0 Å². The number of rotatable bonds is 18. The first-order valence-electron chi connectivity index (χ1n) is 21.8. The monoisotopic (exact) mass is 1350 g/mol. The molecule has 0 saturated heterocycles. The van der Waals surface area contributed by atoms with Crippen LogP contribution in [0.1, 0.15) is 11.1 Å². The van der Waals surface area contributed by atoms with Crippen molar-refractivity contribution in [3.05, 3.63) is 145 Å². The van der Waals surface area contributed by atoms with Gasteiger partial charge >= 0.3 is 189 Å². The minimum Gasteiger partial charge on any atom is -0.744 e. The largest absolute Gasteiger partial charge is 1.00 e. The fourth-order valence-electron chi connectivity index (χ4n) is 7.26. The molecule has 30 nitrogen and oxygen atoms in total. The third-order valence-electron chi connectivity index (χ3n) is 10.8. The predicted molar refractivity (Wildman–Crippen MR) is 281 cm³/mol. The van der Waals surface area contributed by atoms with Gasteiger partial charge in [0, 0.05) is 34.1 Å². The fraction of sp³-hybridized carbons (Fsp3) is 0.0455. The van der Waals surface area contributed by atoms with Crippen LogP contribution >= 0.6 is 0 Å². The van der Waals surface area contributed by atoms with E-state index in [1.54, 1.807) is 0 Å². The van der Waals surface area contributed by atoms with Crippen LogP contribution in [0.15, 0.2) is 183 Å². The van der Waals surface area contributed by atoms with E-state index < -0.39 is 102 Å². The Labute approximate surface area is 625 Å². The van der Waals surface area contributed by atoms with Crippen LogP contribution in [0.5, 0.6) is 0 Å². The molecule has 6 aromatic carbocycles. The minimum atomic E-state index is -5.43. The second kappa shape index (κ2) is 31.8. The van der Waals surface area contributed by atoms with E-state index in [-0.39, 0.29) is 235 Å². The molecule has 420 valence electrons. The zero-order valence-electron chi connectivity index (χ0n) is 45.6. The van der Waals surface area contributed by atoms with Gasteiger partial charge in [0.1, 0.15) is 60.7 Å². The van der Waals surface area contributed by atoms with Gasteiger partial charge in [-0.05, 0) is 132 Å². The Morgan fingerprint density at radius 3 is 0.837 bits per heavy atom. The molecule has 0 bridgehead atoms. The van der Waals surface area contributed by atoms with Gasteiger partial charge in [-0.25, -0.2) is 60.5 Å². The number of benzene rings is 6. The van der Waals surface area contributed by atoms with Gasteiger partial charge in [-0.15, -0.1) is 0 Å². The van der Waals surface area contributed by atoms with Gasteiger partial charge < -0.3 is 69.9 Å². The Balaban J connectivity index is 0.00000420. The van der Waals surface area contributed by atoms with Gasteiger partial charge in [0.25, 0.3) is 0 Å². The maximum absolute atomic E-state index is 12.9. The molecule has 0 fully saturated rings. The van der Waals surface area contributed by atoms with Crippen molar-refractivity contribution in [1.29, 1.82) is 0 Å². The summed E-state index contributed by atoms with van der Waals surface area (Å²) in [7, 11) is -30.2. The van der Waals surface area contributed by atoms with E-state index in [0.717, 1.165) is 97.6 Å². The van der Waals surface area contributed by atoms with E-state index in [9.17, 15) is 77.8 Å². The Morgan fingerprint density at radius 2 is 0.581 bits per heavy atom. The van der Waals surface area contributed by atoms with Crippen LogP contribution in [0.25, 0.3) is 12.2 Å². The van der Waals surface area contributed by atoms with Crippen molar-refractivity contribution >= 4 is 132 Å². The van der Waals surface area contributed by atoms with E-state index in [0.29, 0.717) is 0 Å². The summed E-state index contributed by atoms with van der Waals surface area (Å²) in [6.07, 6.45) is 4.19. The van der Waals surface area contributed by atoms with Crippen LogP contribution in [0.3, 0.4) is 0 Å². The first-order valence-corrected chi connectivity index (χ1v) is 30.3. The Bertz CT molecular complexity index is 4040. The van der Waals surface area contributed by atoms with E-state index in [4.69, 9.17) is 0 Å². The molecule has 2 aliphatic rings. The average Bonchev–Trinajstić information content (AvgIpc) is 2.36. The van der Waals surface area contributed by atoms with E-state index in [2.05, 4.69) is 62.5 Å². The number of aliphatic imine (C=N–C) groups is 4. The number of guanidine groups is 2. The maximum atomic E-state index is 12.9. The van der Waals surface area contributed by atoms with Gasteiger partial charge in [0.2, 0.25) is 11.9 Å². The number of nitrogens with zero attached hydrogens (tertiary/aromatic N) is 4. The predicted octanol–water partition coefficient (Wildman–Crippen LogP) is -16.2. The van der Waals surface area contributed by atoms with E-state index >= 15 is 0 Å². The van der Waals surface area contributed by atoms with Gasteiger partial charge in [-0.3, -0.25) is 0 Å². The van der Waals surface area contributed by atoms with Crippen molar-refractivity contribution in [2.24, 2.45) is 20.0 Å². The van der Waals surface area contributed by atoms with Crippen LogP contribution < -0.4 is 220 Å². The Hall–Kier alpha value is -2.40. The van der Waals surface area contributed by atoms with Crippen LogP contribution in [-0.4, -0.2) is 114 Å². The minimum absolute atomic E-state index is 0. The molecule has 42 heteroatoms. The van der Waals surface area contributed by atoms with E-state index in [1.165, 1.54) is 60.7 Å². The smallest absolute Gasteiger partial charge is 0.744 e. The molecule has 86 heavy (non-hydrogen) atoms. The molecule has 8 N–H and O–H groups in total. The number of hydrogen-bond donors (Lipinski definition) is 8. The standard InChI is InChI=1S/C44H40N12O18S6.6Na/c57-75(58,59)35-15-7-29(8-16-35)49-41-45-25-47-43(55-41,51-31-11-19-37(20-12-31)77(63,64)65)53-33-5-3-27(39(23-33)79(69,70)71)1-2-28-4-6-34(24-40(28)80(72,73)74)54-44(52-32-13-21-38(22-14-32)78(66,67)68)48-26-46-42(56-44)50-30-9-17-36(18-10-30)76(60,61)62;;;;;;/h1-26,51-54H,(H,57,58,59)(H,60,61,62)(H,63,64,65)(H,66,67,68)(H,69,70,71)(H,72,73,74)(H2,45,47,49,55)(H2,46,48,50,56);;;;;;/q;6*+1/p-6/b2-1+;;;;;;. The van der Waals surface area contributed by atoms with Crippen molar-refractivity contribution in [3.8, 4) is 0 Å². The zero-order valence-corrected chi connectivity index (χ0v) is 62.5. The number of hydrogen-bond acceptors (Lipinski definition) is 30. The van der Waals surface area contributed by atoms with Crippen molar-refractivity contribution in [1.82, 2.24) is 10.6 Å². The molecule has 6 aromatic rings. The molecule has 0 radical (unpaired) electrons. The molecular weight excluding hydrogens is 1310 g/mol. The van der Waals surface area contributed by atoms with Gasteiger partial charge in [0.15, 0.2) is 0 Å². The van der Waals surface area contributed by atoms with Crippen molar-refractivity contribution < 1.29 is 255 Å². The first kappa shape index (κ1) is 79.7. The van der Waals surface area contributed by atoms with Crippen molar-refractivity contribution in [2.45, 2.75) is 41.2 Å². The molecule has 8 rings (SSSR count). The van der Waals surface area contributed by atoms with Crippen LogP contribution in [0.2, 0.25) is 0 Å². The summed E-state index contributed by atoms with van der Waals surface area (Å²) in [6.45, 7) is 0. The van der Waals surface area contributed by atoms with Crippen molar-refractivity contribution in [3.63, 3.8) is 0 Å². The SMILES string of the molecule is O=S(=O)([O-])c1ccc(NC2=NC(Nc3ccc(S(=O)(=O)[O-])cc3)(Nc3ccc(/C=C/c4ccc(NC5(Nc6ccc(S(=O)(=O)[O-])cc6)N=CNC(Nc6ccc(S(=O)(=O)[O-])cc6)=N5)cc4S(=O)(=O)[O-])c(S(=O)(=O)[O-])c3)N=CN2)cc1.[Na+].[Na+].[Na+].[Na+].[Na+].[Na+]. The van der Waals surface area contributed by atoms with Gasteiger partial charge in [0.05, 0.1) is 42.0 Å². The Kier molecular flexibility index (Phi) is 29.4. The second-order valence-electron chi connectivity index (χ2n) is 16.5. The molecule has 0 amide bonds. The van der Waals surface area contributed by atoms with Crippen LogP contribution in [-0.2, 0) is 60.7 Å². The molecule has 2 atom stereocenters. The normalized spacial score (nSPS) is 16.5. The molecule has 0 aromatic heterocycles. The summed E-state index contributed by atoms with van der Waals surface area (Å²) < 4.78 is 216. The van der Waals surface area contributed by atoms with E-state index in [1.807, 2.05) is 0 Å². The second-order valence-corrected chi connectivity index (χ2v) is 24.7. The maximum Gasteiger partial charge on any atom is 1.00 e. The molecule has 0 aliphatic carbocycles. The molecular formula is C44H34N12Na6O18S6. The molecule has 2 aliphatic heterocycles. The summed E-state index contributed by atoms with van der Waals surface area (Å²) in [5.41, 5.74) is -0.544. The number of anilines is 6. The number of nitrogens with one attached hydrogen (secondary N) is 8. The molecule has 0 spiro atoms. The van der Waals surface area contributed by atoms with Crippen molar-refractivity contribution in [2.75, 3.05) is 31.9 Å². The van der Waals surface area contributed by atoms with Crippen LogP contribution in [0.4, 0.5) is 34.1 Å². The summed E-state index contributed by atoms with van der Waals surface area (Å²) >= 11 is 0. The Morgan fingerprint density at radius 1 is 0.337 bits per heavy atom. The fourth-order valence-corrected chi connectivity index (χ4v) is 10.5. The topological polar surface area (TPSA) is 489 Å². The first-order chi connectivity index (χ1) is 37.2. The summed E-state index contributed by atoms with van der Waals surface area (Å²) in [5, 5.41) is 22.4. The molecule has 0 saturated carbocycles. The summed E-state index contributed by atoms with van der Waals surface area (Å²) in [5.74, 6) is -4.51. The summed E-state index contributed by atoms with van der Waals surface area (Å²) in [4.78, 5) is 13.4. The third-order valence-corrected chi connectivity index (χ3v) is 16.0. The summed E-state index contributed by atoms with van der Waals surface area (Å²) in [6, 6.07) is 23.9.